The normalized spacial score (nSPS) is 11.5. The van der Waals surface area contributed by atoms with Crippen molar-refractivity contribution in [1.29, 1.82) is 0 Å². The molecule has 19 heavy (non-hydrogen) atoms. The molecular weight excluding hydrogens is 259 g/mol. The zero-order chi connectivity index (χ0) is 13.9. The van der Waals surface area contributed by atoms with Crippen LogP contribution in [-0.4, -0.2) is 21.7 Å². The average molecular weight is 271 g/mol. The molecule has 1 aromatic carbocycles. The monoisotopic (exact) mass is 271 g/mol. The number of nitrogens with two attached hydrogens (primary N) is 1. The predicted octanol–water partition coefficient (Wildman–Crippen LogP) is 2.06. The summed E-state index contributed by atoms with van der Waals surface area (Å²) in [5, 5.41) is 9.22. The van der Waals surface area contributed by atoms with E-state index >= 15 is 0 Å². The second kappa shape index (κ2) is 5.17. The Kier molecular flexibility index (Phi) is 3.59. The Morgan fingerprint density at radius 1 is 1.32 bits per heavy atom. The van der Waals surface area contributed by atoms with Gasteiger partial charge in [-0.15, -0.1) is 0 Å². The minimum atomic E-state index is -4.45. The van der Waals surface area contributed by atoms with E-state index in [9.17, 15) is 13.2 Å². The van der Waals surface area contributed by atoms with Gasteiger partial charge >= 0.3 is 6.18 Å². The lowest BCUT2D eigenvalue weighted by molar-refractivity contribution is -0.136. The van der Waals surface area contributed by atoms with E-state index in [0.717, 1.165) is 6.07 Å². The SMILES string of the molecule is Nc1ccc(NCCc2ncn[nH]2)cc1C(F)(F)F. The summed E-state index contributed by atoms with van der Waals surface area (Å²) in [5.74, 6) is 0.666. The van der Waals surface area contributed by atoms with Crippen molar-refractivity contribution in [3.63, 3.8) is 0 Å². The molecular formula is C11H12F3N5. The minimum absolute atomic E-state index is 0.284. The van der Waals surface area contributed by atoms with E-state index in [1.54, 1.807) is 0 Å². The number of aromatic amines is 1. The maximum absolute atomic E-state index is 12.6. The Morgan fingerprint density at radius 3 is 2.74 bits per heavy atom. The Morgan fingerprint density at radius 2 is 2.11 bits per heavy atom. The van der Waals surface area contributed by atoms with E-state index in [1.807, 2.05) is 0 Å². The number of hydrogen-bond donors (Lipinski definition) is 3. The number of nitrogens with zero attached hydrogens (tertiary/aromatic N) is 2. The molecule has 0 radical (unpaired) electrons. The van der Waals surface area contributed by atoms with Crippen LogP contribution in [0.1, 0.15) is 11.4 Å². The van der Waals surface area contributed by atoms with Crippen LogP contribution >= 0.6 is 0 Å². The number of nitrogens with one attached hydrogen (secondary N) is 2. The second-order valence-corrected chi connectivity index (χ2v) is 3.91. The van der Waals surface area contributed by atoms with Gasteiger partial charge in [-0.05, 0) is 18.2 Å². The number of aromatic nitrogens is 3. The zero-order valence-electron chi connectivity index (χ0n) is 9.83. The summed E-state index contributed by atoms with van der Waals surface area (Å²) >= 11 is 0. The van der Waals surface area contributed by atoms with Crippen LogP contribution in [0.15, 0.2) is 24.5 Å². The molecule has 0 aliphatic rings. The number of anilines is 2. The van der Waals surface area contributed by atoms with E-state index < -0.39 is 11.7 Å². The molecule has 0 bridgehead atoms. The Balaban J connectivity index is 2.01. The maximum Gasteiger partial charge on any atom is 0.418 e. The number of halogens is 3. The van der Waals surface area contributed by atoms with Gasteiger partial charge in [0.2, 0.25) is 0 Å². The highest BCUT2D eigenvalue weighted by Crippen LogP contribution is 2.35. The summed E-state index contributed by atoms with van der Waals surface area (Å²) in [4.78, 5) is 3.91. The van der Waals surface area contributed by atoms with Crippen molar-refractivity contribution in [2.75, 3.05) is 17.6 Å². The van der Waals surface area contributed by atoms with E-state index in [0.29, 0.717) is 24.5 Å². The van der Waals surface area contributed by atoms with Crippen molar-refractivity contribution in [2.24, 2.45) is 0 Å². The molecule has 2 rings (SSSR count). The molecule has 0 amide bonds. The fraction of sp³-hybridized carbons (Fsp3) is 0.273. The van der Waals surface area contributed by atoms with E-state index in [1.165, 1.54) is 18.5 Å². The van der Waals surface area contributed by atoms with Crippen molar-refractivity contribution in [1.82, 2.24) is 15.2 Å². The third kappa shape index (κ3) is 3.36. The van der Waals surface area contributed by atoms with Crippen molar-refractivity contribution in [3.8, 4) is 0 Å². The molecule has 2 aromatic rings. The van der Waals surface area contributed by atoms with Crippen LogP contribution in [0.4, 0.5) is 24.5 Å². The highest BCUT2D eigenvalue weighted by Gasteiger charge is 2.33. The van der Waals surface area contributed by atoms with Crippen LogP contribution in [0.5, 0.6) is 0 Å². The topological polar surface area (TPSA) is 79.6 Å². The molecule has 0 saturated carbocycles. The molecule has 8 heteroatoms. The van der Waals surface area contributed by atoms with Gasteiger partial charge in [-0.3, -0.25) is 5.10 Å². The molecule has 0 aliphatic heterocycles. The molecule has 0 fully saturated rings. The molecule has 0 aliphatic carbocycles. The molecule has 1 heterocycles. The molecule has 0 spiro atoms. The number of nitrogen functional groups attached to an aromatic ring is 1. The number of rotatable bonds is 4. The van der Waals surface area contributed by atoms with Crippen LogP contribution in [-0.2, 0) is 12.6 Å². The summed E-state index contributed by atoms with van der Waals surface area (Å²) in [7, 11) is 0. The lowest BCUT2D eigenvalue weighted by Gasteiger charge is -2.12. The Hall–Kier alpha value is -2.25. The molecule has 0 saturated heterocycles. The summed E-state index contributed by atoms with van der Waals surface area (Å²) in [6, 6.07) is 3.74. The summed E-state index contributed by atoms with van der Waals surface area (Å²) in [5.41, 5.74) is 4.55. The number of hydrogen-bond acceptors (Lipinski definition) is 4. The zero-order valence-corrected chi connectivity index (χ0v) is 9.83. The van der Waals surface area contributed by atoms with Crippen molar-refractivity contribution < 1.29 is 13.2 Å². The first-order valence-corrected chi connectivity index (χ1v) is 5.51. The van der Waals surface area contributed by atoms with Gasteiger partial charge in [-0.25, -0.2) is 4.98 Å². The Labute approximate surface area is 107 Å². The lowest BCUT2D eigenvalue weighted by atomic mass is 10.1. The van der Waals surface area contributed by atoms with Gasteiger partial charge in [0.1, 0.15) is 12.2 Å². The average Bonchev–Trinajstić information content (AvgIpc) is 2.83. The second-order valence-electron chi connectivity index (χ2n) is 3.91. The third-order valence-corrected chi connectivity index (χ3v) is 2.51. The maximum atomic E-state index is 12.6. The standard InChI is InChI=1S/C11H12F3N5/c12-11(13,14)8-5-7(1-2-9(8)15)16-4-3-10-17-6-18-19-10/h1-2,5-6,16H,3-4,15H2,(H,17,18,19). The fourth-order valence-electron chi connectivity index (χ4n) is 1.59. The molecule has 0 atom stereocenters. The van der Waals surface area contributed by atoms with Crippen LogP contribution < -0.4 is 11.1 Å². The number of H-pyrrole nitrogens is 1. The minimum Gasteiger partial charge on any atom is -0.398 e. The smallest absolute Gasteiger partial charge is 0.398 e. The van der Waals surface area contributed by atoms with Gasteiger partial charge in [0.25, 0.3) is 0 Å². The summed E-state index contributed by atoms with van der Waals surface area (Å²) in [6.45, 7) is 0.441. The number of benzene rings is 1. The van der Waals surface area contributed by atoms with Crippen molar-refractivity contribution in [2.45, 2.75) is 12.6 Å². The van der Waals surface area contributed by atoms with Crippen molar-refractivity contribution >= 4 is 11.4 Å². The summed E-state index contributed by atoms with van der Waals surface area (Å²) < 4.78 is 37.9. The first-order valence-electron chi connectivity index (χ1n) is 5.51. The molecule has 0 unspecified atom stereocenters. The molecule has 102 valence electrons. The fourth-order valence-corrected chi connectivity index (χ4v) is 1.59. The van der Waals surface area contributed by atoms with Crippen LogP contribution in [0.25, 0.3) is 0 Å². The highest BCUT2D eigenvalue weighted by molar-refractivity contribution is 5.58. The lowest BCUT2D eigenvalue weighted by Crippen LogP contribution is -2.11. The number of alkyl halides is 3. The van der Waals surface area contributed by atoms with Gasteiger partial charge in [0.15, 0.2) is 0 Å². The van der Waals surface area contributed by atoms with Crippen LogP contribution in [0.2, 0.25) is 0 Å². The molecule has 5 nitrogen and oxygen atoms in total. The largest absolute Gasteiger partial charge is 0.418 e. The first kappa shape index (κ1) is 13.2. The third-order valence-electron chi connectivity index (χ3n) is 2.51. The Bertz CT molecular complexity index is 536. The predicted molar refractivity (Wildman–Crippen MR) is 64.4 cm³/mol. The van der Waals surface area contributed by atoms with Gasteiger partial charge in [0, 0.05) is 24.3 Å². The van der Waals surface area contributed by atoms with Gasteiger partial charge in [0.05, 0.1) is 5.56 Å². The highest BCUT2D eigenvalue weighted by atomic mass is 19.4. The van der Waals surface area contributed by atoms with E-state index in [-0.39, 0.29) is 5.69 Å². The van der Waals surface area contributed by atoms with Crippen LogP contribution in [0.3, 0.4) is 0 Å². The van der Waals surface area contributed by atoms with Gasteiger partial charge < -0.3 is 11.1 Å². The van der Waals surface area contributed by atoms with Gasteiger partial charge in [-0.2, -0.15) is 18.3 Å². The first-order chi connectivity index (χ1) is 8.97. The van der Waals surface area contributed by atoms with E-state index in [2.05, 4.69) is 20.5 Å². The quantitative estimate of drug-likeness (QED) is 0.744. The van der Waals surface area contributed by atoms with Crippen molar-refractivity contribution in [3.05, 3.63) is 35.9 Å². The summed E-state index contributed by atoms with van der Waals surface area (Å²) in [6.07, 6.45) is -2.54. The van der Waals surface area contributed by atoms with E-state index in [4.69, 9.17) is 5.73 Å². The van der Waals surface area contributed by atoms with Crippen LogP contribution in [0, 0.1) is 0 Å². The molecule has 4 N–H and O–H groups in total. The van der Waals surface area contributed by atoms with Gasteiger partial charge in [-0.1, -0.05) is 0 Å². The molecule has 1 aromatic heterocycles.